The van der Waals surface area contributed by atoms with E-state index in [-0.39, 0.29) is 38.1 Å². The Morgan fingerprint density at radius 2 is 1.36 bits per heavy atom. The lowest BCUT2D eigenvalue weighted by atomic mass is 10.2. The Labute approximate surface area is 89.5 Å². The van der Waals surface area contributed by atoms with Crippen molar-refractivity contribution in [1.29, 1.82) is 0 Å². The van der Waals surface area contributed by atoms with Gasteiger partial charge in [-0.1, -0.05) is 13.8 Å². The molecule has 0 saturated heterocycles. The molecule has 2 unspecified atom stereocenters. The first-order chi connectivity index (χ1) is 7.52. The molecule has 0 aliphatic heterocycles. The van der Waals surface area contributed by atoms with E-state index < -0.39 is 0 Å². The standard InChI is InChI=1S/C10H24N2O2/c1-3-9(7-13)11-5-6-12-10(4-2)8-14/h9-14H,3-8H2,1-2H3/t9-,10-/m0/s1/i3D,4D/t3?,4?,9-,10-. The van der Waals surface area contributed by atoms with Crippen molar-refractivity contribution in [2.24, 2.45) is 0 Å². The highest BCUT2D eigenvalue weighted by atomic mass is 16.3. The zero-order valence-electron chi connectivity index (χ0n) is 11.0. The van der Waals surface area contributed by atoms with Crippen LogP contribution in [-0.2, 0) is 0 Å². The van der Waals surface area contributed by atoms with Crippen molar-refractivity contribution in [3.05, 3.63) is 0 Å². The molecule has 4 N–H and O–H groups in total. The summed E-state index contributed by atoms with van der Waals surface area (Å²) in [5, 5.41) is 24.0. The second-order valence-electron chi connectivity index (χ2n) is 3.15. The second kappa shape index (κ2) is 9.40. The highest BCUT2D eigenvalue weighted by Crippen LogP contribution is 1.89. The Morgan fingerprint density at radius 1 is 1.00 bits per heavy atom. The van der Waals surface area contributed by atoms with Gasteiger partial charge in [-0.25, -0.2) is 0 Å². The quantitative estimate of drug-likeness (QED) is 0.391. The summed E-state index contributed by atoms with van der Waals surface area (Å²) in [5.74, 6) is 0. The Hall–Kier alpha value is -0.160. The van der Waals surface area contributed by atoms with Crippen LogP contribution in [0.25, 0.3) is 0 Å². The third-order valence-electron chi connectivity index (χ3n) is 2.14. The molecule has 0 spiro atoms. The van der Waals surface area contributed by atoms with Crippen LogP contribution in [0.4, 0.5) is 0 Å². The first kappa shape index (κ1) is 10.4. The predicted octanol–water partition coefficient (Wildman–Crippen LogP) is -0.293. The van der Waals surface area contributed by atoms with Crippen molar-refractivity contribution in [3.63, 3.8) is 0 Å². The van der Waals surface area contributed by atoms with Crippen molar-refractivity contribution < 1.29 is 13.0 Å². The SMILES string of the molecule is [2H]C(C)[C@@H](CO)NCCN[C@H](CO)C([2H])C. The molecule has 0 amide bonds. The molecular weight excluding hydrogens is 180 g/mol. The summed E-state index contributed by atoms with van der Waals surface area (Å²) in [7, 11) is 0. The van der Waals surface area contributed by atoms with Crippen LogP contribution < -0.4 is 10.6 Å². The van der Waals surface area contributed by atoms with Gasteiger partial charge in [0.1, 0.15) is 0 Å². The topological polar surface area (TPSA) is 64.5 Å². The average molecular weight is 206 g/mol. The molecule has 0 bridgehead atoms. The zero-order valence-corrected chi connectivity index (χ0v) is 9.03. The van der Waals surface area contributed by atoms with Crippen molar-refractivity contribution in [2.45, 2.75) is 38.7 Å². The van der Waals surface area contributed by atoms with E-state index in [9.17, 15) is 0 Å². The van der Waals surface area contributed by atoms with E-state index in [4.69, 9.17) is 13.0 Å². The van der Waals surface area contributed by atoms with Gasteiger partial charge in [0.25, 0.3) is 0 Å². The minimum absolute atomic E-state index is 0.0526. The molecule has 0 fully saturated rings. The maximum absolute atomic E-state index is 8.97. The third-order valence-corrected chi connectivity index (χ3v) is 2.14. The fourth-order valence-electron chi connectivity index (χ4n) is 1.09. The largest absolute Gasteiger partial charge is 0.395 e. The van der Waals surface area contributed by atoms with Crippen LogP contribution in [0.3, 0.4) is 0 Å². The summed E-state index contributed by atoms with van der Waals surface area (Å²) < 4.78 is 14.9. The van der Waals surface area contributed by atoms with E-state index in [0.717, 1.165) is 0 Å². The van der Waals surface area contributed by atoms with Gasteiger partial charge in [0, 0.05) is 27.9 Å². The number of nitrogens with one attached hydrogen (secondary N) is 2. The number of hydrogen-bond donors (Lipinski definition) is 4. The van der Waals surface area contributed by atoms with Gasteiger partial charge in [-0.2, -0.15) is 0 Å². The summed E-state index contributed by atoms with van der Waals surface area (Å²) in [6.45, 7) is 4.56. The Bertz CT molecular complexity index is 153. The van der Waals surface area contributed by atoms with Crippen LogP contribution >= 0.6 is 0 Å². The molecule has 4 nitrogen and oxygen atoms in total. The van der Waals surface area contributed by atoms with Gasteiger partial charge in [-0.15, -0.1) is 0 Å². The van der Waals surface area contributed by atoms with Gasteiger partial charge in [-0.05, 0) is 12.8 Å². The Balaban J connectivity index is 3.65. The molecule has 0 aromatic carbocycles. The molecule has 4 atom stereocenters. The van der Waals surface area contributed by atoms with E-state index >= 15 is 0 Å². The summed E-state index contributed by atoms with van der Waals surface area (Å²) >= 11 is 0. The third kappa shape index (κ3) is 6.32. The smallest absolute Gasteiger partial charge is 0.0584 e. The fraction of sp³-hybridized carbons (Fsp3) is 1.00. The molecule has 14 heavy (non-hydrogen) atoms. The lowest BCUT2D eigenvalue weighted by Gasteiger charge is -2.17. The average Bonchev–Trinajstić information content (AvgIpc) is 2.22. The number of hydrogen-bond acceptors (Lipinski definition) is 4. The maximum Gasteiger partial charge on any atom is 0.0584 e. The van der Waals surface area contributed by atoms with Gasteiger partial charge < -0.3 is 20.8 Å². The molecule has 0 rings (SSSR count). The first-order valence-corrected chi connectivity index (χ1v) is 5.05. The summed E-state index contributed by atoms with van der Waals surface area (Å²) in [6, 6.07) is -0.439. The molecule has 0 radical (unpaired) electrons. The first-order valence-electron chi connectivity index (χ1n) is 6.21. The van der Waals surface area contributed by atoms with Crippen molar-refractivity contribution in [2.75, 3.05) is 26.3 Å². The maximum atomic E-state index is 8.97. The van der Waals surface area contributed by atoms with Crippen LogP contribution in [0.15, 0.2) is 0 Å². The van der Waals surface area contributed by atoms with Gasteiger partial charge >= 0.3 is 0 Å². The van der Waals surface area contributed by atoms with Crippen LogP contribution in [0.1, 0.15) is 29.4 Å². The Kier molecular flexibility index (Phi) is 6.95. The van der Waals surface area contributed by atoms with E-state index in [1.54, 1.807) is 13.8 Å². The van der Waals surface area contributed by atoms with E-state index in [2.05, 4.69) is 10.6 Å². The number of rotatable bonds is 9. The molecule has 4 heteroatoms. The molecular formula is C10H24N2O2. The van der Waals surface area contributed by atoms with Gasteiger partial charge in [0.2, 0.25) is 0 Å². The minimum atomic E-state index is -0.353. The van der Waals surface area contributed by atoms with E-state index in [0.29, 0.717) is 13.1 Å². The summed E-state index contributed by atoms with van der Waals surface area (Å²) in [5.41, 5.74) is 0. The molecule has 0 aliphatic carbocycles. The molecule has 0 saturated carbocycles. The van der Waals surface area contributed by atoms with Gasteiger partial charge in [0.15, 0.2) is 0 Å². The van der Waals surface area contributed by atoms with Crippen LogP contribution in [0.2, 0.25) is 0 Å². The molecule has 86 valence electrons. The van der Waals surface area contributed by atoms with E-state index in [1.807, 2.05) is 0 Å². The van der Waals surface area contributed by atoms with Gasteiger partial charge in [-0.3, -0.25) is 0 Å². The Morgan fingerprint density at radius 3 is 1.57 bits per heavy atom. The molecule has 0 aromatic heterocycles. The van der Waals surface area contributed by atoms with Crippen molar-refractivity contribution in [3.8, 4) is 0 Å². The highest BCUT2D eigenvalue weighted by Gasteiger charge is 2.04. The molecule has 0 heterocycles. The second-order valence-corrected chi connectivity index (χ2v) is 3.15. The van der Waals surface area contributed by atoms with Crippen molar-refractivity contribution >= 4 is 0 Å². The monoisotopic (exact) mass is 206 g/mol. The van der Waals surface area contributed by atoms with Gasteiger partial charge in [0.05, 0.1) is 13.2 Å². The van der Waals surface area contributed by atoms with Crippen LogP contribution in [-0.4, -0.2) is 48.6 Å². The zero-order chi connectivity index (χ0) is 12.6. The lowest BCUT2D eigenvalue weighted by molar-refractivity contribution is 0.229. The molecule has 0 aromatic rings. The predicted molar refractivity (Wildman–Crippen MR) is 58.3 cm³/mol. The van der Waals surface area contributed by atoms with Crippen molar-refractivity contribution in [1.82, 2.24) is 10.6 Å². The lowest BCUT2D eigenvalue weighted by Crippen LogP contribution is -2.40. The normalized spacial score (nSPS) is 22.0. The van der Waals surface area contributed by atoms with E-state index in [1.165, 1.54) is 0 Å². The van der Waals surface area contributed by atoms with Crippen LogP contribution in [0, 0.1) is 0 Å². The van der Waals surface area contributed by atoms with Crippen LogP contribution in [0.5, 0.6) is 0 Å². The number of aliphatic hydroxyl groups excluding tert-OH is 2. The fourth-order valence-corrected chi connectivity index (χ4v) is 1.09. The highest BCUT2D eigenvalue weighted by molar-refractivity contribution is 4.67. The summed E-state index contributed by atoms with van der Waals surface area (Å²) in [6.07, 6.45) is -0.706. The minimum Gasteiger partial charge on any atom is -0.395 e. The number of aliphatic hydroxyl groups is 2. The molecule has 0 aliphatic rings. The summed E-state index contributed by atoms with van der Waals surface area (Å²) in [4.78, 5) is 0.